The van der Waals surface area contributed by atoms with Crippen molar-refractivity contribution in [2.75, 3.05) is 26.2 Å². The van der Waals surface area contributed by atoms with Gasteiger partial charge in [0.25, 0.3) is 0 Å². The predicted molar refractivity (Wildman–Crippen MR) is 66.2 cm³/mol. The van der Waals surface area contributed by atoms with E-state index in [1.54, 1.807) is 0 Å². The van der Waals surface area contributed by atoms with Crippen LogP contribution in [0.4, 0.5) is 0 Å². The highest BCUT2D eigenvalue weighted by Gasteiger charge is 2.25. The average molecular weight is 255 g/mol. The molecule has 0 amide bonds. The minimum absolute atomic E-state index is 0. The van der Waals surface area contributed by atoms with Gasteiger partial charge in [0.15, 0.2) is 0 Å². The van der Waals surface area contributed by atoms with Crippen LogP contribution in [0, 0.1) is 0 Å². The van der Waals surface area contributed by atoms with Crippen LogP contribution in [0.15, 0.2) is 0 Å². The summed E-state index contributed by atoms with van der Waals surface area (Å²) in [5.41, 5.74) is 0. The van der Waals surface area contributed by atoms with E-state index in [9.17, 15) is 4.79 Å². The zero-order valence-electron chi connectivity index (χ0n) is 8.91. The number of likely N-dealkylation sites (tertiary alicyclic amines) is 1. The van der Waals surface area contributed by atoms with Crippen LogP contribution in [0.2, 0.25) is 0 Å². The van der Waals surface area contributed by atoms with E-state index >= 15 is 0 Å². The normalized spacial score (nSPS) is 24.1. The number of ketones is 1. The maximum atomic E-state index is 11.3. The fourth-order valence-corrected chi connectivity index (χ4v) is 2.35. The summed E-state index contributed by atoms with van der Waals surface area (Å²) in [5.74, 6) is 0.435. The van der Waals surface area contributed by atoms with Gasteiger partial charge in [0, 0.05) is 12.5 Å². The molecule has 0 aromatic carbocycles. The van der Waals surface area contributed by atoms with Gasteiger partial charge >= 0.3 is 0 Å². The van der Waals surface area contributed by atoms with Gasteiger partial charge in [-0.15, -0.1) is 24.8 Å². The fourth-order valence-electron chi connectivity index (χ4n) is 2.35. The highest BCUT2D eigenvalue weighted by Crippen LogP contribution is 2.16. The number of rotatable bonds is 1. The third-order valence-corrected chi connectivity index (χ3v) is 3.11. The van der Waals surface area contributed by atoms with E-state index in [-0.39, 0.29) is 24.8 Å². The molecule has 0 unspecified atom stereocenters. The van der Waals surface area contributed by atoms with Crippen molar-refractivity contribution in [1.29, 1.82) is 0 Å². The Bertz CT molecular complexity index is 196. The lowest BCUT2D eigenvalue weighted by Gasteiger charge is -2.36. The van der Waals surface area contributed by atoms with Crippen molar-refractivity contribution in [1.82, 2.24) is 10.2 Å². The number of nitrogens with one attached hydrogen (secondary N) is 1. The van der Waals surface area contributed by atoms with E-state index in [0.29, 0.717) is 18.4 Å². The molecule has 2 heterocycles. The number of piperidine rings is 2. The van der Waals surface area contributed by atoms with Gasteiger partial charge in [0.1, 0.15) is 5.78 Å². The number of nitrogens with zero attached hydrogens (tertiary/aromatic N) is 1. The second-order valence-electron chi connectivity index (χ2n) is 4.09. The maximum Gasteiger partial charge on any atom is 0.146 e. The van der Waals surface area contributed by atoms with Crippen molar-refractivity contribution < 1.29 is 4.79 Å². The van der Waals surface area contributed by atoms with Crippen LogP contribution in [-0.2, 0) is 4.79 Å². The number of halogens is 2. The smallest absolute Gasteiger partial charge is 0.146 e. The van der Waals surface area contributed by atoms with Crippen molar-refractivity contribution in [3.63, 3.8) is 0 Å². The Morgan fingerprint density at radius 2 is 1.87 bits per heavy atom. The number of Topliss-reactive ketones (excluding diaryl/α,β-unsaturated/α-hetero) is 1. The molecule has 0 aliphatic carbocycles. The highest BCUT2D eigenvalue weighted by molar-refractivity contribution is 5.85. The minimum Gasteiger partial charge on any atom is -0.317 e. The van der Waals surface area contributed by atoms with E-state index < -0.39 is 0 Å². The Balaban J connectivity index is 0.000000980. The monoisotopic (exact) mass is 254 g/mol. The quantitative estimate of drug-likeness (QED) is 0.765. The van der Waals surface area contributed by atoms with Crippen LogP contribution in [0.3, 0.4) is 0 Å². The van der Waals surface area contributed by atoms with Gasteiger partial charge in [-0.2, -0.15) is 0 Å². The van der Waals surface area contributed by atoms with Crippen molar-refractivity contribution >= 4 is 30.6 Å². The molecule has 90 valence electrons. The predicted octanol–water partition coefficient (Wildman–Crippen LogP) is 1.25. The molecule has 1 N–H and O–H groups in total. The van der Waals surface area contributed by atoms with Gasteiger partial charge in [0.2, 0.25) is 0 Å². The first-order valence-corrected chi connectivity index (χ1v) is 5.33. The summed E-state index contributed by atoms with van der Waals surface area (Å²) in [5, 5.41) is 3.35. The second kappa shape index (κ2) is 7.44. The Labute approximate surface area is 104 Å². The molecule has 0 bridgehead atoms. The zero-order chi connectivity index (χ0) is 9.10. The largest absolute Gasteiger partial charge is 0.317 e. The first-order chi connectivity index (χ1) is 6.36. The molecule has 2 aliphatic heterocycles. The van der Waals surface area contributed by atoms with E-state index in [2.05, 4.69) is 10.2 Å². The molecule has 2 saturated heterocycles. The lowest BCUT2D eigenvalue weighted by molar-refractivity contribution is -0.123. The number of hydrogen-bond donors (Lipinski definition) is 1. The molecule has 0 spiro atoms. The molecule has 0 saturated carbocycles. The second-order valence-corrected chi connectivity index (χ2v) is 4.09. The van der Waals surface area contributed by atoms with Crippen molar-refractivity contribution in [2.24, 2.45) is 0 Å². The summed E-state index contributed by atoms with van der Waals surface area (Å²) in [7, 11) is 0. The summed E-state index contributed by atoms with van der Waals surface area (Å²) in [6.07, 6.45) is 4.31. The van der Waals surface area contributed by atoms with Crippen LogP contribution in [-0.4, -0.2) is 42.9 Å². The first-order valence-electron chi connectivity index (χ1n) is 5.33. The Morgan fingerprint density at radius 3 is 2.47 bits per heavy atom. The fraction of sp³-hybridized carbons (Fsp3) is 0.900. The summed E-state index contributed by atoms with van der Waals surface area (Å²) < 4.78 is 0. The van der Waals surface area contributed by atoms with E-state index in [4.69, 9.17) is 0 Å². The van der Waals surface area contributed by atoms with Crippen molar-refractivity contribution in [3.8, 4) is 0 Å². The molecule has 5 heteroatoms. The van der Waals surface area contributed by atoms with E-state index in [1.807, 2.05) is 0 Å². The van der Waals surface area contributed by atoms with Gasteiger partial charge in [0.05, 0.1) is 6.54 Å². The molecule has 0 aromatic rings. The van der Waals surface area contributed by atoms with Crippen molar-refractivity contribution in [3.05, 3.63) is 0 Å². The molecule has 3 nitrogen and oxygen atoms in total. The highest BCUT2D eigenvalue weighted by atomic mass is 35.5. The van der Waals surface area contributed by atoms with Gasteiger partial charge in [-0.1, -0.05) is 0 Å². The Kier molecular flexibility index (Phi) is 7.53. The van der Waals surface area contributed by atoms with Crippen LogP contribution < -0.4 is 5.32 Å². The lowest BCUT2D eigenvalue weighted by Crippen LogP contribution is -2.47. The first kappa shape index (κ1) is 15.2. The molecule has 0 aromatic heterocycles. The number of hydrogen-bond acceptors (Lipinski definition) is 3. The van der Waals surface area contributed by atoms with E-state index in [1.165, 1.54) is 12.8 Å². The standard InChI is InChI=1S/C10H18N2O.2ClH/c13-10-2-1-7-12(8-10)9-3-5-11-6-4-9;;/h9,11H,1-8H2;2*1H. The zero-order valence-corrected chi connectivity index (χ0v) is 10.5. The summed E-state index contributed by atoms with van der Waals surface area (Å²) >= 11 is 0. The molecule has 2 aliphatic rings. The molecule has 15 heavy (non-hydrogen) atoms. The maximum absolute atomic E-state index is 11.3. The molecule has 2 fully saturated rings. The van der Waals surface area contributed by atoms with E-state index in [0.717, 1.165) is 32.5 Å². The average Bonchev–Trinajstić information content (AvgIpc) is 2.19. The lowest BCUT2D eigenvalue weighted by atomic mass is 10.0. The molecular formula is C10H20Cl2N2O. The van der Waals surface area contributed by atoms with Gasteiger partial charge < -0.3 is 5.32 Å². The topological polar surface area (TPSA) is 32.3 Å². The third-order valence-electron chi connectivity index (χ3n) is 3.11. The van der Waals surface area contributed by atoms with Gasteiger partial charge in [-0.3, -0.25) is 9.69 Å². The molecule has 2 rings (SSSR count). The SMILES string of the molecule is Cl.Cl.O=C1CCCN(C2CCNCC2)C1. The minimum atomic E-state index is 0. The van der Waals surface area contributed by atoms with Crippen LogP contribution in [0.5, 0.6) is 0 Å². The third kappa shape index (κ3) is 4.27. The summed E-state index contributed by atoms with van der Waals surface area (Å²) in [6.45, 7) is 4.09. The van der Waals surface area contributed by atoms with Crippen LogP contribution in [0.1, 0.15) is 25.7 Å². The van der Waals surface area contributed by atoms with Gasteiger partial charge in [-0.25, -0.2) is 0 Å². The number of carbonyl (C=O) groups is 1. The van der Waals surface area contributed by atoms with Crippen LogP contribution in [0.25, 0.3) is 0 Å². The number of carbonyl (C=O) groups excluding carboxylic acids is 1. The molecule has 0 atom stereocenters. The summed E-state index contributed by atoms with van der Waals surface area (Å²) in [4.78, 5) is 13.6. The summed E-state index contributed by atoms with van der Waals surface area (Å²) in [6, 6.07) is 0.672. The van der Waals surface area contributed by atoms with Gasteiger partial charge in [-0.05, 0) is 38.9 Å². The molecule has 0 radical (unpaired) electrons. The Hall–Kier alpha value is 0.170. The van der Waals surface area contributed by atoms with Crippen LogP contribution >= 0.6 is 24.8 Å². The van der Waals surface area contributed by atoms with Crippen molar-refractivity contribution in [2.45, 2.75) is 31.7 Å². The Morgan fingerprint density at radius 1 is 1.20 bits per heavy atom. The molecular weight excluding hydrogens is 235 g/mol.